The predicted octanol–water partition coefficient (Wildman–Crippen LogP) is 4.22. The van der Waals surface area contributed by atoms with Crippen LogP contribution in [-0.2, 0) is 5.75 Å². The van der Waals surface area contributed by atoms with Crippen molar-refractivity contribution in [2.24, 2.45) is 0 Å². The molecule has 28 heavy (non-hydrogen) atoms. The van der Waals surface area contributed by atoms with Gasteiger partial charge in [-0.1, -0.05) is 0 Å². The van der Waals surface area contributed by atoms with E-state index in [2.05, 4.69) is 10.3 Å². The van der Waals surface area contributed by atoms with Crippen molar-refractivity contribution in [3.05, 3.63) is 42.1 Å². The van der Waals surface area contributed by atoms with E-state index in [1.54, 1.807) is 24.9 Å². The van der Waals surface area contributed by atoms with Crippen molar-refractivity contribution in [3.8, 4) is 34.3 Å². The first-order valence-electron chi connectivity index (χ1n) is 8.52. The Kier molecular flexibility index (Phi) is 4.87. The number of phenolic OH excluding ortho intramolecular Hbond substituents is 1. The van der Waals surface area contributed by atoms with Gasteiger partial charge in [0.05, 0.1) is 27.0 Å². The van der Waals surface area contributed by atoms with Gasteiger partial charge in [-0.3, -0.25) is 0 Å². The van der Waals surface area contributed by atoms with Gasteiger partial charge in [-0.05, 0) is 18.2 Å². The Balaban J connectivity index is 1.71. The van der Waals surface area contributed by atoms with Crippen LogP contribution in [0.25, 0.3) is 11.3 Å². The third kappa shape index (κ3) is 3.27. The zero-order valence-corrected chi connectivity index (χ0v) is 16.5. The smallest absolute Gasteiger partial charge is 0.227 e. The van der Waals surface area contributed by atoms with Crippen LogP contribution in [0, 0.1) is 0 Å². The van der Waals surface area contributed by atoms with Crippen LogP contribution in [0.4, 0.5) is 11.6 Å². The number of hydrogen-bond donors (Lipinski definition) is 2. The first kappa shape index (κ1) is 18.2. The Morgan fingerprint density at radius 1 is 1.07 bits per heavy atom. The Hall–Kier alpha value is -3.13. The molecule has 7 nitrogen and oxygen atoms in total. The summed E-state index contributed by atoms with van der Waals surface area (Å²) in [6.45, 7) is 0. The van der Waals surface area contributed by atoms with Crippen molar-refractivity contribution in [2.75, 3.05) is 26.6 Å². The van der Waals surface area contributed by atoms with Gasteiger partial charge in [0.25, 0.3) is 0 Å². The van der Waals surface area contributed by atoms with Crippen LogP contribution in [0.15, 0.2) is 41.4 Å². The number of nitrogens with one attached hydrogen (secondary N) is 1. The summed E-state index contributed by atoms with van der Waals surface area (Å²) in [5.74, 6) is 2.67. The fraction of sp³-hybridized carbons (Fsp3) is 0.200. The summed E-state index contributed by atoms with van der Waals surface area (Å²) in [6, 6.07) is 9.23. The molecule has 0 saturated heterocycles. The fourth-order valence-corrected chi connectivity index (χ4v) is 4.05. The van der Waals surface area contributed by atoms with E-state index in [0.717, 1.165) is 33.2 Å². The minimum atomic E-state index is -0.0335. The second-order valence-corrected chi connectivity index (χ2v) is 7.09. The normalized spacial score (nSPS) is 12.0. The highest BCUT2D eigenvalue weighted by Crippen LogP contribution is 2.43. The zero-order chi connectivity index (χ0) is 19.7. The van der Waals surface area contributed by atoms with Gasteiger partial charge in [-0.2, -0.15) is 0 Å². The number of methoxy groups -OCH3 is 3. The maximum absolute atomic E-state index is 10.2. The van der Waals surface area contributed by atoms with E-state index in [9.17, 15) is 5.11 Å². The molecule has 2 N–H and O–H groups in total. The number of fused-ring (bicyclic) bond motifs is 3. The number of phenols is 1. The average Bonchev–Trinajstić information content (AvgIpc) is 2.72. The van der Waals surface area contributed by atoms with Crippen LogP contribution >= 0.6 is 11.8 Å². The Bertz CT molecular complexity index is 1040. The first-order chi connectivity index (χ1) is 13.6. The van der Waals surface area contributed by atoms with Gasteiger partial charge in [-0.25, -0.2) is 9.97 Å². The van der Waals surface area contributed by atoms with E-state index < -0.39 is 0 Å². The molecule has 2 heterocycles. The van der Waals surface area contributed by atoms with Crippen LogP contribution in [0.2, 0.25) is 0 Å². The second-order valence-electron chi connectivity index (χ2n) is 6.07. The molecule has 0 spiro atoms. The monoisotopic (exact) mass is 397 g/mol. The fourth-order valence-electron chi connectivity index (χ4n) is 3.05. The van der Waals surface area contributed by atoms with Gasteiger partial charge >= 0.3 is 0 Å². The SMILES string of the molecule is COc1ccc2c(c1)-c1nc(Nc3cc(O)c(OC)c(OC)c3)ncc1CS2. The Morgan fingerprint density at radius 3 is 2.68 bits per heavy atom. The van der Waals surface area contributed by atoms with E-state index in [0.29, 0.717) is 17.4 Å². The summed E-state index contributed by atoms with van der Waals surface area (Å²) >= 11 is 1.75. The lowest BCUT2D eigenvalue weighted by Gasteiger charge is -2.19. The standard InChI is InChI=1S/C20H19N3O4S/c1-25-13-4-5-17-14(8-13)18-11(10-28-17)9-21-20(23-18)22-12-6-15(24)19(27-3)16(7-12)26-2/h4-9,24H,10H2,1-3H3,(H,21,22,23). The van der Waals surface area contributed by atoms with Crippen molar-refractivity contribution in [3.63, 3.8) is 0 Å². The molecular formula is C20H19N3O4S. The van der Waals surface area contributed by atoms with E-state index in [1.165, 1.54) is 20.3 Å². The zero-order valence-electron chi connectivity index (χ0n) is 15.6. The van der Waals surface area contributed by atoms with Crippen molar-refractivity contribution < 1.29 is 19.3 Å². The molecular weight excluding hydrogens is 378 g/mol. The molecule has 2 aromatic carbocycles. The largest absolute Gasteiger partial charge is 0.504 e. The Labute approximate surface area is 166 Å². The molecule has 0 saturated carbocycles. The molecule has 1 aliphatic rings. The molecule has 1 aliphatic heterocycles. The number of rotatable bonds is 5. The number of aromatic nitrogens is 2. The van der Waals surface area contributed by atoms with Crippen molar-refractivity contribution in [1.82, 2.24) is 9.97 Å². The molecule has 3 aromatic rings. The van der Waals surface area contributed by atoms with E-state index in [-0.39, 0.29) is 11.5 Å². The highest BCUT2D eigenvalue weighted by atomic mass is 32.2. The van der Waals surface area contributed by atoms with Gasteiger partial charge in [0.1, 0.15) is 5.75 Å². The molecule has 0 bridgehead atoms. The lowest BCUT2D eigenvalue weighted by Crippen LogP contribution is -2.05. The Morgan fingerprint density at radius 2 is 1.93 bits per heavy atom. The summed E-state index contributed by atoms with van der Waals surface area (Å²) < 4.78 is 15.8. The molecule has 0 unspecified atom stereocenters. The molecule has 4 rings (SSSR count). The number of ether oxygens (including phenoxy) is 3. The summed E-state index contributed by atoms with van der Waals surface area (Å²) in [6.07, 6.45) is 1.82. The van der Waals surface area contributed by atoms with Gasteiger partial charge < -0.3 is 24.6 Å². The summed E-state index contributed by atoms with van der Waals surface area (Å²) in [5, 5.41) is 13.3. The lowest BCUT2D eigenvalue weighted by molar-refractivity contribution is 0.333. The molecule has 0 radical (unpaired) electrons. The minimum Gasteiger partial charge on any atom is -0.504 e. The van der Waals surface area contributed by atoms with Gasteiger partial charge in [0, 0.05) is 45.8 Å². The summed E-state index contributed by atoms with van der Waals surface area (Å²) in [7, 11) is 4.63. The highest BCUT2D eigenvalue weighted by molar-refractivity contribution is 7.98. The third-order valence-corrected chi connectivity index (χ3v) is 5.53. The molecule has 0 aliphatic carbocycles. The predicted molar refractivity (Wildman–Crippen MR) is 108 cm³/mol. The van der Waals surface area contributed by atoms with E-state index in [1.807, 2.05) is 24.4 Å². The highest BCUT2D eigenvalue weighted by Gasteiger charge is 2.20. The maximum atomic E-state index is 10.2. The van der Waals surface area contributed by atoms with Gasteiger partial charge in [-0.15, -0.1) is 11.8 Å². The van der Waals surface area contributed by atoms with Crippen LogP contribution in [0.5, 0.6) is 23.0 Å². The topological polar surface area (TPSA) is 85.7 Å². The van der Waals surface area contributed by atoms with Crippen LogP contribution in [0.1, 0.15) is 5.56 Å². The van der Waals surface area contributed by atoms with Crippen LogP contribution in [0.3, 0.4) is 0 Å². The van der Waals surface area contributed by atoms with E-state index in [4.69, 9.17) is 19.2 Å². The number of hydrogen-bond acceptors (Lipinski definition) is 8. The molecule has 0 fully saturated rings. The second kappa shape index (κ2) is 7.47. The van der Waals surface area contributed by atoms with Crippen LogP contribution in [-0.4, -0.2) is 36.4 Å². The molecule has 0 amide bonds. The maximum Gasteiger partial charge on any atom is 0.227 e. The quantitative estimate of drug-likeness (QED) is 0.662. The summed E-state index contributed by atoms with van der Waals surface area (Å²) in [5.41, 5.74) is 3.54. The third-order valence-electron chi connectivity index (χ3n) is 4.40. The van der Waals surface area contributed by atoms with E-state index >= 15 is 0 Å². The van der Waals surface area contributed by atoms with Gasteiger partial charge in [0.2, 0.25) is 11.7 Å². The molecule has 144 valence electrons. The van der Waals surface area contributed by atoms with Crippen molar-refractivity contribution in [2.45, 2.75) is 10.6 Å². The minimum absolute atomic E-state index is 0.0335. The number of thioether (sulfide) groups is 1. The number of nitrogens with zero attached hydrogens (tertiary/aromatic N) is 2. The number of aromatic hydroxyl groups is 1. The number of benzene rings is 2. The first-order valence-corrected chi connectivity index (χ1v) is 9.50. The summed E-state index contributed by atoms with van der Waals surface area (Å²) in [4.78, 5) is 10.3. The van der Waals surface area contributed by atoms with Crippen molar-refractivity contribution >= 4 is 23.4 Å². The lowest BCUT2D eigenvalue weighted by atomic mass is 10.1. The average molecular weight is 397 g/mol. The van der Waals surface area contributed by atoms with Crippen LogP contribution < -0.4 is 19.5 Å². The number of anilines is 2. The molecule has 0 atom stereocenters. The van der Waals surface area contributed by atoms with Crippen molar-refractivity contribution in [1.29, 1.82) is 0 Å². The van der Waals surface area contributed by atoms with Gasteiger partial charge in [0.15, 0.2) is 11.5 Å². The molecule has 1 aromatic heterocycles. The molecule has 8 heteroatoms.